The van der Waals surface area contributed by atoms with Crippen molar-refractivity contribution in [1.29, 1.82) is 0 Å². The van der Waals surface area contributed by atoms with Crippen molar-refractivity contribution in [2.45, 2.75) is 25.4 Å². The van der Waals surface area contributed by atoms with Gasteiger partial charge in [-0.05, 0) is 36.5 Å². The molecule has 1 N–H and O–H groups in total. The van der Waals surface area contributed by atoms with Gasteiger partial charge in [-0.3, -0.25) is 4.79 Å². The number of piperidine rings is 1. The summed E-state index contributed by atoms with van der Waals surface area (Å²) in [5.74, 6) is -0.0780. The van der Waals surface area contributed by atoms with E-state index < -0.39 is 11.9 Å². The van der Waals surface area contributed by atoms with Crippen LogP contribution in [0.4, 0.5) is 4.39 Å². The number of carbonyl (C=O) groups excluding carboxylic acids is 1. The highest BCUT2D eigenvalue weighted by Crippen LogP contribution is 2.30. The quantitative estimate of drug-likeness (QED) is 0.860. The Bertz CT molecular complexity index is 714. The molecule has 1 amide bonds. The van der Waals surface area contributed by atoms with E-state index in [9.17, 15) is 14.3 Å². The van der Waals surface area contributed by atoms with E-state index in [-0.39, 0.29) is 30.6 Å². The lowest BCUT2D eigenvalue weighted by Crippen LogP contribution is -2.40. The number of hydrogen-bond acceptors (Lipinski definition) is 3. The number of aliphatic hydroxyl groups excluding tert-OH is 1. The van der Waals surface area contributed by atoms with Crippen molar-refractivity contribution in [2.24, 2.45) is 5.92 Å². The van der Waals surface area contributed by atoms with E-state index in [4.69, 9.17) is 4.74 Å². The predicted octanol–water partition coefficient (Wildman–Crippen LogP) is 3.57. The zero-order valence-corrected chi connectivity index (χ0v) is 14.7. The molecular weight excluding hydrogens is 333 g/mol. The van der Waals surface area contributed by atoms with Crippen LogP contribution in [0.3, 0.4) is 0 Å². The van der Waals surface area contributed by atoms with Crippen molar-refractivity contribution in [3.63, 3.8) is 0 Å². The van der Waals surface area contributed by atoms with E-state index in [2.05, 4.69) is 0 Å². The highest BCUT2D eigenvalue weighted by molar-refractivity contribution is 5.76. The molecule has 1 aliphatic heterocycles. The van der Waals surface area contributed by atoms with E-state index in [1.807, 2.05) is 30.3 Å². The molecule has 1 saturated heterocycles. The Hall–Kier alpha value is -2.40. The first kappa shape index (κ1) is 18.4. The van der Waals surface area contributed by atoms with Gasteiger partial charge in [-0.2, -0.15) is 0 Å². The number of benzene rings is 2. The molecule has 0 radical (unpaired) electrons. The molecule has 0 saturated carbocycles. The average Bonchev–Trinajstić information content (AvgIpc) is 2.69. The first-order valence-electron chi connectivity index (χ1n) is 9.03. The molecule has 3 rings (SSSR count). The molecule has 0 unspecified atom stereocenters. The van der Waals surface area contributed by atoms with Gasteiger partial charge >= 0.3 is 0 Å². The molecule has 0 spiro atoms. The molecule has 1 aliphatic rings. The van der Waals surface area contributed by atoms with Gasteiger partial charge in [0.25, 0.3) is 0 Å². The molecule has 1 atom stereocenters. The number of para-hydroxylation sites is 1. The van der Waals surface area contributed by atoms with Crippen LogP contribution in [-0.4, -0.2) is 35.6 Å². The molecule has 1 fully saturated rings. The summed E-state index contributed by atoms with van der Waals surface area (Å²) >= 11 is 0. The normalized spacial score (nSPS) is 16.3. The molecule has 138 valence electrons. The van der Waals surface area contributed by atoms with Gasteiger partial charge in [0.15, 0.2) is 11.6 Å². The molecule has 2 aromatic rings. The Morgan fingerprint density at radius 1 is 1.12 bits per heavy atom. The van der Waals surface area contributed by atoms with Crippen LogP contribution in [0.1, 0.15) is 30.9 Å². The van der Waals surface area contributed by atoms with E-state index >= 15 is 0 Å². The van der Waals surface area contributed by atoms with Gasteiger partial charge < -0.3 is 14.7 Å². The number of halogens is 1. The SMILES string of the molecule is O=C(CCOc1ccccc1F)N1CCC([C@@H](O)c2ccccc2)CC1. The van der Waals surface area contributed by atoms with Crippen molar-refractivity contribution < 1.29 is 19.0 Å². The maximum Gasteiger partial charge on any atom is 0.225 e. The largest absolute Gasteiger partial charge is 0.490 e. The number of amides is 1. The van der Waals surface area contributed by atoms with Gasteiger partial charge in [-0.1, -0.05) is 42.5 Å². The van der Waals surface area contributed by atoms with Crippen molar-refractivity contribution in [1.82, 2.24) is 4.90 Å². The summed E-state index contributed by atoms with van der Waals surface area (Å²) in [5, 5.41) is 10.5. The van der Waals surface area contributed by atoms with Crippen LogP contribution in [0.2, 0.25) is 0 Å². The van der Waals surface area contributed by atoms with Crippen LogP contribution in [0, 0.1) is 11.7 Å². The standard InChI is InChI=1S/C21H24FNO3/c22-18-8-4-5-9-19(18)26-15-12-20(24)23-13-10-17(11-14-23)21(25)16-6-2-1-3-7-16/h1-9,17,21,25H,10-15H2/t21-/m0/s1. The smallest absolute Gasteiger partial charge is 0.225 e. The predicted molar refractivity (Wildman–Crippen MR) is 97.2 cm³/mol. The average molecular weight is 357 g/mol. The van der Waals surface area contributed by atoms with Gasteiger partial charge in [0.2, 0.25) is 5.91 Å². The van der Waals surface area contributed by atoms with E-state index in [0.29, 0.717) is 13.1 Å². The minimum absolute atomic E-state index is 0.00832. The molecular formula is C21H24FNO3. The van der Waals surface area contributed by atoms with Crippen molar-refractivity contribution in [2.75, 3.05) is 19.7 Å². The molecule has 1 heterocycles. The highest BCUT2D eigenvalue weighted by Gasteiger charge is 2.28. The van der Waals surface area contributed by atoms with Gasteiger partial charge in [-0.15, -0.1) is 0 Å². The summed E-state index contributed by atoms with van der Waals surface area (Å²) < 4.78 is 18.8. The minimum atomic E-state index is -0.488. The molecule has 5 heteroatoms. The minimum Gasteiger partial charge on any atom is -0.490 e. The lowest BCUT2D eigenvalue weighted by molar-refractivity contribution is -0.133. The van der Waals surface area contributed by atoms with Crippen LogP contribution < -0.4 is 4.74 Å². The number of nitrogens with zero attached hydrogens (tertiary/aromatic N) is 1. The fraction of sp³-hybridized carbons (Fsp3) is 0.381. The second-order valence-corrected chi connectivity index (χ2v) is 6.60. The number of ether oxygens (including phenoxy) is 1. The zero-order valence-electron chi connectivity index (χ0n) is 14.7. The Morgan fingerprint density at radius 2 is 1.77 bits per heavy atom. The molecule has 2 aromatic carbocycles. The van der Waals surface area contributed by atoms with E-state index in [0.717, 1.165) is 18.4 Å². The number of hydrogen-bond donors (Lipinski definition) is 1. The maximum atomic E-state index is 13.5. The molecule has 0 aromatic heterocycles. The maximum absolute atomic E-state index is 13.5. The van der Waals surface area contributed by atoms with Crippen LogP contribution in [0.25, 0.3) is 0 Å². The van der Waals surface area contributed by atoms with E-state index in [1.54, 1.807) is 23.1 Å². The van der Waals surface area contributed by atoms with Crippen LogP contribution >= 0.6 is 0 Å². The Kier molecular flexibility index (Phi) is 6.23. The Balaban J connectivity index is 1.43. The summed E-state index contributed by atoms with van der Waals surface area (Å²) in [6.07, 6.45) is 1.28. The highest BCUT2D eigenvalue weighted by atomic mass is 19.1. The molecule has 0 bridgehead atoms. The van der Waals surface area contributed by atoms with E-state index in [1.165, 1.54) is 6.07 Å². The topological polar surface area (TPSA) is 49.8 Å². The third-order valence-electron chi connectivity index (χ3n) is 4.89. The van der Waals surface area contributed by atoms with Gasteiger partial charge in [0, 0.05) is 13.1 Å². The number of rotatable bonds is 6. The third-order valence-corrected chi connectivity index (χ3v) is 4.89. The second-order valence-electron chi connectivity index (χ2n) is 6.60. The number of carbonyl (C=O) groups is 1. The van der Waals surface area contributed by atoms with Crippen LogP contribution in [-0.2, 0) is 4.79 Å². The lowest BCUT2D eigenvalue weighted by atomic mass is 9.87. The summed E-state index contributed by atoms with van der Waals surface area (Å²) in [6, 6.07) is 15.8. The first-order chi connectivity index (χ1) is 12.6. The summed E-state index contributed by atoms with van der Waals surface area (Å²) in [4.78, 5) is 14.1. The Labute approximate surface area is 153 Å². The summed E-state index contributed by atoms with van der Waals surface area (Å²) in [7, 11) is 0. The number of likely N-dealkylation sites (tertiary alicyclic amines) is 1. The van der Waals surface area contributed by atoms with Gasteiger partial charge in [0.1, 0.15) is 0 Å². The summed E-state index contributed by atoms with van der Waals surface area (Å²) in [5.41, 5.74) is 0.926. The van der Waals surface area contributed by atoms with Crippen molar-refractivity contribution in [3.05, 3.63) is 66.0 Å². The lowest BCUT2D eigenvalue weighted by Gasteiger charge is -2.34. The summed E-state index contributed by atoms with van der Waals surface area (Å²) in [6.45, 7) is 1.42. The van der Waals surface area contributed by atoms with Gasteiger partial charge in [-0.25, -0.2) is 4.39 Å². The fourth-order valence-corrected chi connectivity index (χ4v) is 3.36. The van der Waals surface area contributed by atoms with Crippen LogP contribution in [0.15, 0.2) is 54.6 Å². The zero-order chi connectivity index (χ0) is 18.4. The molecule has 26 heavy (non-hydrogen) atoms. The molecule has 0 aliphatic carbocycles. The molecule has 4 nitrogen and oxygen atoms in total. The van der Waals surface area contributed by atoms with Crippen molar-refractivity contribution in [3.8, 4) is 5.75 Å². The fourth-order valence-electron chi connectivity index (χ4n) is 3.36. The Morgan fingerprint density at radius 3 is 2.46 bits per heavy atom. The second kappa shape index (κ2) is 8.81. The first-order valence-corrected chi connectivity index (χ1v) is 9.03. The monoisotopic (exact) mass is 357 g/mol. The number of aliphatic hydroxyl groups is 1. The van der Waals surface area contributed by atoms with Crippen molar-refractivity contribution >= 4 is 5.91 Å². The van der Waals surface area contributed by atoms with Crippen LogP contribution in [0.5, 0.6) is 5.75 Å². The third kappa shape index (κ3) is 4.61. The van der Waals surface area contributed by atoms with Gasteiger partial charge in [0.05, 0.1) is 19.1 Å².